The number of aliphatic hydroxyl groups excluding tert-OH is 5. The van der Waals surface area contributed by atoms with Crippen molar-refractivity contribution in [2.75, 3.05) is 13.2 Å². The Morgan fingerprint density at radius 1 is 0.550 bits per heavy atom. The molecule has 5 N–H and O–H groups in total. The molecule has 3 unspecified atom stereocenters. The van der Waals surface area contributed by atoms with Crippen molar-refractivity contribution in [3.63, 3.8) is 0 Å². The topological polar surface area (TPSA) is 212 Å². The molecule has 0 aromatic rings. The maximum atomic E-state index is 12.7. The smallest absolute Gasteiger partial charge is 0.756 e. The zero-order valence-electron chi connectivity index (χ0n) is 37.0. The molecule has 1 fully saturated rings. The van der Waals surface area contributed by atoms with Crippen molar-refractivity contribution in [1.29, 1.82) is 0 Å². The molecule has 0 aromatic carbocycles. The van der Waals surface area contributed by atoms with Crippen LogP contribution in [0.1, 0.15) is 168 Å². The van der Waals surface area contributed by atoms with Gasteiger partial charge in [0.25, 0.3) is 7.82 Å². The number of phosphoric ester groups is 1. The van der Waals surface area contributed by atoms with Crippen molar-refractivity contribution in [3.05, 3.63) is 48.6 Å². The van der Waals surface area contributed by atoms with E-state index in [0.717, 1.165) is 89.9 Å². The second-order valence-electron chi connectivity index (χ2n) is 15.5. The number of allylic oxidation sites excluding steroid dienone is 8. The van der Waals surface area contributed by atoms with Crippen LogP contribution in [0.5, 0.6) is 0 Å². The Bertz CT molecular complexity index is 1230. The largest absolute Gasteiger partial charge is 1.00 e. The van der Waals surface area contributed by atoms with E-state index in [0.29, 0.717) is 12.8 Å². The average molecular weight is 881 g/mol. The summed E-state index contributed by atoms with van der Waals surface area (Å²) in [5.41, 5.74) is 0. The number of unbranched alkanes of at least 4 members (excludes halogenated alkanes) is 16. The molecule has 0 aromatic heterocycles. The van der Waals surface area contributed by atoms with Gasteiger partial charge >= 0.3 is 41.5 Å². The van der Waals surface area contributed by atoms with Crippen molar-refractivity contribution < 1.29 is 92.7 Å². The van der Waals surface area contributed by atoms with E-state index < -0.39 is 75.7 Å². The Hall–Kier alpha value is -1.19. The van der Waals surface area contributed by atoms with Gasteiger partial charge in [-0.1, -0.05) is 127 Å². The van der Waals surface area contributed by atoms with Crippen LogP contribution in [-0.4, -0.2) is 93.4 Å². The number of carbonyl (C=O) groups is 2. The minimum absolute atomic E-state index is 0. The van der Waals surface area contributed by atoms with E-state index in [1.54, 1.807) is 0 Å². The van der Waals surface area contributed by atoms with E-state index in [1.165, 1.54) is 38.5 Å². The number of aliphatic hydroxyl groups is 5. The van der Waals surface area contributed by atoms with Crippen LogP contribution >= 0.6 is 7.82 Å². The zero-order valence-corrected chi connectivity index (χ0v) is 39.9. The molecule has 0 aliphatic heterocycles. The van der Waals surface area contributed by atoms with Crippen molar-refractivity contribution in [2.45, 2.75) is 211 Å². The summed E-state index contributed by atoms with van der Waals surface area (Å²) in [7, 11) is -5.37. The number of hydrogen-bond acceptors (Lipinski definition) is 13. The summed E-state index contributed by atoms with van der Waals surface area (Å²) in [4.78, 5) is 37.9. The Morgan fingerprint density at radius 3 is 1.38 bits per heavy atom. The minimum Gasteiger partial charge on any atom is -0.756 e. The Morgan fingerprint density at radius 2 is 0.933 bits per heavy atom. The fraction of sp³-hybridized carbons (Fsp3) is 0.778. The minimum atomic E-state index is -5.37. The quantitative estimate of drug-likeness (QED) is 0.0189. The van der Waals surface area contributed by atoms with Crippen LogP contribution in [-0.2, 0) is 32.7 Å². The first-order valence-corrected chi connectivity index (χ1v) is 23.9. The third-order valence-electron chi connectivity index (χ3n) is 10.1. The number of ether oxygens (including phenoxy) is 2. The summed E-state index contributed by atoms with van der Waals surface area (Å²) in [6.07, 6.45) is 26.9. The summed E-state index contributed by atoms with van der Waals surface area (Å²) < 4.78 is 33.1. The molecule has 0 spiro atoms. The monoisotopic (exact) mass is 881 g/mol. The molecule has 0 bridgehead atoms. The first-order chi connectivity index (χ1) is 28.4. The van der Waals surface area contributed by atoms with E-state index in [2.05, 4.69) is 62.5 Å². The first-order valence-electron chi connectivity index (χ1n) is 22.4. The zero-order chi connectivity index (χ0) is 43.6. The fourth-order valence-electron chi connectivity index (χ4n) is 6.46. The SMILES string of the molecule is CCCCC/C=C/C/C=C/CCCCCCCC(=O)OC[C@@H](COP(=O)([O-])OC1[C@H](O)[C@H](O)C(O)[C@H](O)[C@H]1O)OC(=O)CCCCCCC/C=C/C/C=C/CCCCC.[Na+]. The molecular weight excluding hydrogens is 802 g/mol. The van der Waals surface area contributed by atoms with Gasteiger partial charge in [0.1, 0.15) is 43.2 Å². The Balaban J connectivity index is 0.0000348. The van der Waals surface area contributed by atoms with Crippen LogP contribution in [0.25, 0.3) is 0 Å². The third kappa shape index (κ3) is 30.0. The van der Waals surface area contributed by atoms with Gasteiger partial charge in [-0.3, -0.25) is 14.2 Å². The number of carbonyl (C=O) groups excluding carboxylic acids is 2. The number of hydrogen-bond donors (Lipinski definition) is 5. The van der Waals surface area contributed by atoms with Crippen LogP contribution in [0.3, 0.4) is 0 Å². The molecule has 13 nitrogen and oxygen atoms in total. The second kappa shape index (κ2) is 38.3. The van der Waals surface area contributed by atoms with Gasteiger partial charge in [-0.2, -0.15) is 0 Å². The predicted octanol–water partition coefficient (Wildman–Crippen LogP) is 4.76. The molecule has 0 radical (unpaired) electrons. The van der Waals surface area contributed by atoms with Crippen LogP contribution in [0.2, 0.25) is 0 Å². The van der Waals surface area contributed by atoms with Crippen molar-refractivity contribution in [2.24, 2.45) is 0 Å². The van der Waals surface area contributed by atoms with E-state index in [9.17, 15) is 44.6 Å². The van der Waals surface area contributed by atoms with Gasteiger partial charge in [-0.15, -0.1) is 0 Å². The molecular formula is C45H78NaO13P. The standard InChI is InChI=1S/C45H79O13P.Na/c1-3-5-7-9-11-13-15-17-19-21-23-25-27-29-31-33-38(46)55-35-37(36-56-59(53,54)58-45-43(51)41(49)40(48)42(50)44(45)52)57-39(47)34-32-30-28-26-24-22-20-18-16-14-12-10-8-6-4-2;/h11-14,17-20,37,40-45,48-52H,3-10,15-16,21-36H2,1-2H3,(H,53,54);/q;+1/p-1/b13-11+,14-12+,19-17+,20-18+;/t37-,40?,41-,42+,43+,44+,45?;/m0./s1. The van der Waals surface area contributed by atoms with Gasteiger partial charge < -0.3 is 48.9 Å². The van der Waals surface area contributed by atoms with Gasteiger partial charge in [0, 0.05) is 12.8 Å². The molecule has 1 aliphatic carbocycles. The van der Waals surface area contributed by atoms with Crippen LogP contribution in [0.4, 0.5) is 0 Å². The van der Waals surface area contributed by atoms with E-state index in [4.69, 9.17) is 18.5 Å². The van der Waals surface area contributed by atoms with Gasteiger partial charge in [-0.25, -0.2) is 0 Å². The van der Waals surface area contributed by atoms with Crippen LogP contribution in [0.15, 0.2) is 48.6 Å². The number of phosphoric acid groups is 1. The van der Waals surface area contributed by atoms with Gasteiger partial charge in [0.05, 0.1) is 6.61 Å². The molecule has 342 valence electrons. The third-order valence-corrected chi connectivity index (χ3v) is 11.1. The average Bonchev–Trinajstić information content (AvgIpc) is 3.21. The van der Waals surface area contributed by atoms with E-state index in [-0.39, 0.29) is 42.4 Å². The number of esters is 2. The van der Waals surface area contributed by atoms with Crippen molar-refractivity contribution >= 4 is 19.8 Å². The molecule has 60 heavy (non-hydrogen) atoms. The van der Waals surface area contributed by atoms with Crippen molar-refractivity contribution in [1.82, 2.24) is 0 Å². The molecule has 0 saturated heterocycles. The molecule has 1 aliphatic rings. The first kappa shape index (κ1) is 58.8. The molecule has 1 saturated carbocycles. The Labute approximate surface area is 383 Å². The molecule has 1 rings (SSSR count). The van der Waals surface area contributed by atoms with Crippen molar-refractivity contribution in [3.8, 4) is 0 Å². The summed E-state index contributed by atoms with van der Waals surface area (Å²) >= 11 is 0. The maximum Gasteiger partial charge on any atom is 1.00 e. The van der Waals surface area contributed by atoms with Gasteiger partial charge in [0.2, 0.25) is 0 Å². The summed E-state index contributed by atoms with van der Waals surface area (Å²) in [5, 5.41) is 50.0. The van der Waals surface area contributed by atoms with Gasteiger partial charge in [0.15, 0.2) is 6.10 Å². The predicted molar refractivity (Wildman–Crippen MR) is 228 cm³/mol. The van der Waals surface area contributed by atoms with E-state index >= 15 is 0 Å². The summed E-state index contributed by atoms with van der Waals surface area (Å²) in [5.74, 6) is -1.17. The normalized spacial score (nSPS) is 22.4. The molecule has 0 heterocycles. The molecule has 15 heteroatoms. The summed E-state index contributed by atoms with van der Waals surface area (Å²) in [6.45, 7) is 3.12. The van der Waals surface area contributed by atoms with Crippen LogP contribution < -0.4 is 34.5 Å². The van der Waals surface area contributed by atoms with E-state index in [1.807, 2.05) is 0 Å². The summed E-state index contributed by atoms with van der Waals surface area (Å²) in [6, 6.07) is 0. The molecule has 8 atom stereocenters. The fourth-order valence-corrected chi connectivity index (χ4v) is 7.41. The maximum absolute atomic E-state index is 12.7. The molecule has 0 amide bonds. The van der Waals surface area contributed by atoms with Crippen LogP contribution in [0, 0.1) is 0 Å². The Kier molecular flexibility index (Phi) is 37.5. The van der Waals surface area contributed by atoms with Gasteiger partial charge in [-0.05, 0) is 77.0 Å². The second-order valence-corrected chi connectivity index (χ2v) is 16.9. The number of rotatable bonds is 36.